The lowest BCUT2D eigenvalue weighted by atomic mass is 10.3. The summed E-state index contributed by atoms with van der Waals surface area (Å²) in [6.07, 6.45) is 0. The average Bonchev–Trinajstić information content (AvgIpc) is 2.06. The lowest BCUT2D eigenvalue weighted by Gasteiger charge is -2.01. The minimum absolute atomic E-state index is 0.388. The van der Waals surface area contributed by atoms with Crippen LogP contribution in [0.5, 0.6) is 5.75 Å². The van der Waals surface area contributed by atoms with Gasteiger partial charge in [0.1, 0.15) is 5.75 Å². The molecular weight excluding hydrogens is 156 g/mol. The number of para-hydroxylation sites is 1. The van der Waals surface area contributed by atoms with Gasteiger partial charge in [-0.2, -0.15) is 0 Å². The van der Waals surface area contributed by atoms with Crippen molar-refractivity contribution < 1.29 is 14.6 Å². The predicted octanol–water partition coefficient (Wildman–Crippen LogP) is 1.54. The summed E-state index contributed by atoms with van der Waals surface area (Å²) >= 11 is 0. The molecule has 1 aromatic rings. The van der Waals surface area contributed by atoms with Crippen LogP contribution < -0.4 is 4.74 Å². The van der Waals surface area contributed by atoms with Crippen molar-refractivity contribution in [1.82, 2.24) is 0 Å². The lowest BCUT2D eigenvalue weighted by Crippen LogP contribution is -2.04. The third kappa shape index (κ3) is 2.12. The zero-order valence-electron chi connectivity index (χ0n) is 6.32. The molecule has 0 unspecified atom stereocenters. The highest BCUT2D eigenvalue weighted by Gasteiger charge is 2.07. The maximum absolute atomic E-state index is 10.2. The zero-order chi connectivity index (χ0) is 8.97. The molecule has 1 radical (unpaired) electrons. The smallest absolute Gasteiger partial charge is 0.420 e. The summed E-state index contributed by atoms with van der Waals surface area (Å²) in [5.74, 6) is -1.35. The number of carbonyl (C=O) groups is 1. The van der Waals surface area contributed by atoms with Gasteiger partial charge in [-0.1, -0.05) is 18.2 Å². The Morgan fingerprint density at radius 1 is 1.25 bits per heavy atom. The van der Waals surface area contributed by atoms with Crippen molar-refractivity contribution in [3.63, 3.8) is 0 Å². The Hall–Kier alpha value is -1.77. The van der Waals surface area contributed by atoms with Gasteiger partial charge >= 0.3 is 5.97 Å². The first-order chi connectivity index (χ1) is 5.70. The van der Waals surface area contributed by atoms with Gasteiger partial charge in [0.15, 0.2) is 0 Å². The summed E-state index contributed by atoms with van der Waals surface area (Å²) in [4.78, 5) is 10.2. The zero-order valence-corrected chi connectivity index (χ0v) is 6.32. The molecule has 61 valence electrons. The first-order valence-corrected chi connectivity index (χ1v) is 3.33. The summed E-state index contributed by atoms with van der Waals surface area (Å²) in [6, 6.07) is 8.53. The highest BCUT2D eigenvalue weighted by Crippen LogP contribution is 2.11. The van der Waals surface area contributed by atoms with Crippen molar-refractivity contribution in [2.45, 2.75) is 0 Å². The van der Waals surface area contributed by atoms with E-state index < -0.39 is 5.97 Å². The summed E-state index contributed by atoms with van der Waals surface area (Å²) < 4.78 is 4.82. The van der Waals surface area contributed by atoms with Crippen LogP contribution in [0.4, 0.5) is 0 Å². The van der Waals surface area contributed by atoms with E-state index in [4.69, 9.17) is 4.74 Å². The summed E-state index contributed by atoms with van der Waals surface area (Å²) in [5, 5.41) is 10.2. The molecule has 0 bridgehead atoms. The van der Waals surface area contributed by atoms with Gasteiger partial charge in [-0.25, -0.2) is 9.90 Å². The van der Waals surface area contributed by atoms with E-state index in [1.165, 1.54) is 0 Å². The molecule has 0 atom stereocenters. The molecular formula is C9H7O3. The molecule has 3 nitrogen and oxygen atoms in total. The molecule has 0 amide bonds. The fourth-order valence-corrected chi connectivity index (χ4v) is 0.672. The number of rotatable bonds is 3. The van der Waals surface area contributed by atoms with Crippen LogP contribution in [-0.2, 0) is 9.90 Å². The Morgan fingerprint density at radius 3 is 2.33 bits per heavy atom. The van der Waals surface area contributed by atoms with Crippen LogP contribution in [0.1, 0.15) is 0 Å². The van der Waals surface area contributed by atoms with E-state index in [1.807, 2.05) is 0 Å². The van der Waals surface area contributed by atoms with Crippen molar-refractivity contribution in [1.29, 1.82) is 0 Å². The number of hydrogen-bond donors (Lipinski definition) is 0. The highest BCUT2D eigenvalue weighted by molar-refractivity contribution is 5.83. The number of hydrogen-bond acceptors (Lipinski definition) is 2. The molecule has 12 heavy (non-hydrogen) atoms. The normalized spacial score (nSPS) is 9.00. The second-order valence-corrected chi connectivity index (χ2v) is 2.13. The van der Waals surface area contributed by atoms with Gasteiger partial charge in [-0.05, 0) is 18.7 Å². The topological polar surface area (TPSA) is 46.2 Å². The third-order valence-electron chi connectivity index (χ3n) is 1.21. The Balaban J connectivity index is 2.65. The van der Waals surface area contributed by atoms with E-state index >= 15 is 0 Å². The van der Waals surface area contributed by atoms with E-state index in [1.54, 1.807) is 30.3 Å². The van der Waals surface area contributed by atoms with E-state index in [0.29, 0.717) is 5.75 Å². The van der Waals surface area contributed by atoms with Crippen LogP contribution in [0, 0.1) is 0 Å². The van der Waals surface area contributed by atoms with Gasteiger partial charge in [0, 0.05) is 0 Å². The predicted molar refractivity (Wildman–Crippen MR) is 41.9 cm³/mol. The molecule has 0 aliphatic heterocycles. The molecule has 0 heterocycles. The molecule has 0 aliphatic rings. The van der Waals surface area contributed by atoms with Crippen molar-refractivity contribution in [3.05, 3.63) is 42.7 Å². The largest absolute Gasteiger partial charge is 0.450 e. The fourth-order valence-electron chi connectivity index (χ4n) is 0.672. The molecule has 0 aromatic heterocycles. The van der Waals surface area contributed by atoms with Crippen molar-refractivity contribution >= 4 is 5.97 Å². The molecule has 0 saturated carbocycles. The van der Waals surface area contributed by atoms with Crippen LogP contribution in [-0.4, -0.2) is 5.97 Å². The first kappa shape index (κ1) is 8.33. The SMILES string of the molecule is C=C(Oc1ccccc1)C([O])=O. The summed E-state index contributed by atoms with van der Waals surface area (Å²) in [5.41, 5.74) is 0. The van der Waals surface area contributed by atoms with Crippen molar-refractivity contribution in [3.8, 4) is 5.75 Å². The average molecular weight is 163 g/mol. The fraction of sp³-hybridized carbons (Fsp3) is 0. The van der Waals surface area contributed by atoms with Gasteiger partial charge in [0.2, 0.25) is 5.76 Å². The second kappa shape index (κ2) is 3.57. The Labute approximate surface area is 69.9 Å². The molecule has 1 aromatic carbocycles. The van der Waals surface area contributed by atoms with E-state index in [-0.39, 0.29) is 5.76 Å². The van der Waals surface area contributed by atoms with Gasteiger partial charge in [0.25, 0.3) is 0 Å². The minimum atomic E-state index is -1.40. The summed E-state index contributed by atoms with van der Waals surface area (Å²) in [6.45, 7) is 3.17. The second-order valence-electron chi connectivity index (χ2n) is 2.13. The summed E-state index contributed by atoms with van der Waals surface area (Å²) in [7, 11) is 0. The van der Waals surface area contributed by atoms with Crippen LogP contribution in [0.25, 0.3) is 0 Å². The van der Waals surface area contributed by atoms with Crippen molar-refractivity contribution in [2.24, 2.45) is 0 Å². The van der Waals surface area contributed by atoms with E-state index in [0.717, 1.165) is 0 Å². The van der Waals surface area contributed by atoms with Crippen molar-refractivity contribution in [2.75, 3.05) is 0 Å². The Kier molecular flexibility index (Phi) is 2.48. The van der Waals surface area contributed by atoms with Gasteiger partial charge in [-0.3, -0.25) is 0 Å². The molecule has 0 saturated heterocycles. The van der Waals surface area contributed by atoms with Crippen LogP contribution >= 0.6 is 0 Å². The molecule has 1 rings (SSSR count). The third-order valence-corrected chi connectivity index (χ3v) is 1.21. The molecule has 0 N–H and O–H groups in total. The van der Waals surface area contributed by atoms with Gasteiger partial charge < -0.3 is 4.74 Å². The molecule has 0 spiro atoms. The van der Waals surface area contributed by atoms with Crippen LogP contribution in [0.3, 0.4) is 0 Å². The standard InChI is InChI=1S/C9H7O3/c1-7(9(10)11)12-8-5-3-2-4-6-8/h2-6H,1H2. The first-order valence-electron chi connectivity index (χ1n) is 3.33. The maximum atomic E-state index is 10.2. The minimum Gasteiger partial charge on any atom is -0.450 e. The maximum Gasteiger partial charge on any atom is 0.420 e. The number of carbonyl (C=O) groups excluding carboxylic acids is 1. The van der Waals surface area contributed by atoms with Crippen LogP contribution in [0.15, 0.2) is 42.7 Å². The quantitative estimate of drug-likeness (QED) is 0.501. The highest BCUT2D eigenvalue weighted by atomic mass is 16.5. The monoisotopic (exact) mass is 163 g/mol. The molecule has 0 aliphatic carbocycles. The molecule has 0 fully saturated rings. The lowest BCUT2D eigenvalue weighted by molar-refractivity contribution is -0.140. The molecule has 3 heteroatoms. The van der Waals surface area contributed by atoms with Crippen LogP contribution in [0.2, 0.25) is 0 Å². The van der Waals surface area contributed by atoms with Gasteiger partial charge in [0.05, 0.1) is 0 Å². The Bertz CT molecular complexity index is 290. The number of ether oxygens (including phenoxy) is 1. The van der Waals surface area contributed by atoms with E-state index in [2.05, 4.69) is 6.58 Å². The number of benzene rings is 1. The Morgan fingerprint density at radius 2 is 1.83 bits per heavy atom. The van der Waals surface area contributed by atoms with Gasteiger partial charge in [-0.15, -0.1) is 0 Å². The van der Waals surface area contributed by atoms with E-state index in [9.17, 15) is 9.90 Å².